The average Bonchev–Trinajstić information content (AvgIpc) is 2.73. The van der Waals surface area contributed by atoms with Gasteiger partial charge >= 0.3 is 0 Å². The third-order valence-corrected chi connectivity index (χ3v) is 4.64. The highest BCUT2D eigenvalue weighted by Crippen LogP contribution is 2.39. The Bertz CT molecular complexity index is 1020. The Morgan fingerprint density at radius 1 is 1.00 bits per heavy atom. The zero-order valence-electron chi connectivity index (χ0n) is 16.7. The molecule has 7 nitrogen and oxygen atoms in total. The SMILES string of the molecule is CN(C)NC=O.N#Cc1ccccc1Oc1cc(Sc2ccccc2)cc(N)c1N. The zero-order valence-corrected chi connectivity index (χ0v) is 17.5. The van der Waals surface area contributed by atoms with E-state index in [1.807, 2.05) is 42.5 Å². The summed E-state index contributed by atoms with van der Waals surface area (Å²) in [6.07, 6.45) is 0.625. The minimum absolute atomic E-state index is 0.361. The van der Waals surface area contributed by atoms with Crippen molar-refractivity contribution in [1.82, 2.24) is 10.4 Å². The quantitative estimate of drug-likeness (QED) is 0.314. The fourth-order valence-corrected chi connectivity index (χ4v) is 3.18. The van der Waals surface area contributed by atoms with Gasteiger partial charge in [0.15, 0.2) is 5.75 Å². The average molecular weight is 422 g/mol. The Balaban J connectivity index is 0.000000469. The number of hydrogen-bond acceptors (Lipinski definition) is 7. The predicted octanol–water partition coefficient (Wildman–Crippen LogP) is 3.88. The van der Waals surface area contributed by atoms with E-state index in [0.29, 0.717) is 34.8 Å². The number of para-hydroxylation sites is 1. The molecule has 0 aliphatic carbocycles. The van der Waals surface area contributed by atoms with E-state index in [9.17, 15) is 10.1 Å². The molecule has 3 rings (SSSR count). The molecule has 0 heterocycles. The standard InChI is InChI=1S/C19H15N3OS.C3H8N2O/c20-12-13-6-4-5-9-17(13)23-18-11-15(10-16(21)19(18)22)24-14-7-2-1-3-8-14;1-5(2)4-3-6/h1-11H,21-22H2;3H,1-2H3,(H,4,6). The fourth-order valence-electron chi connectivity index (χ4n) is 2.26. The van der Waals surface area contributed by atoms with Crippen molar-refractivity contribution in [3.05, 3.63) is 72.3 Å². The van der Waals surface area contributed by atoms with Gasteiger partial charge in [0.25, 0.3) is 0 Å². The monoisotopic (exact) mass is 421 g/mol. The second kappa shape index (κ2) is 11.4. The van der Waals surface area contributed by atoms with Gasteiger partial charge in [-0.1, -0.05) is 42.1 Å². The lowest BCUT2D eigenvalue weighted by Gasteiger charge is -2.13. The number of hydrazine groups is 1. The lowest BCUT2D eigenvalue weighted by molar-refractivity contribution is -0.112. The number of hydrogen-bond donors (Lipinski definition) is 3. The number of benzene rings is 3. The van der Waals surface area contributed by atoms with Crippen LogP contribution in [0.2, 0.25) is 0 Å². The third-order valence-electron chi connectivity index (χ3n) is 3.66. The summed E-state index contributed by atoms with van der Waals surface area (Å²) in [5.74, 6) is 0.893. The molecule has 0 aliphatic rings. The van der Waals surface area contributed by atoms with Crippen molar-refractivity contribution in [1.29, 1.82) is 5.26 Å². The summed E-state index contributed by atoms with van der Waals surface area (Å²) in [6, 6.07) is 22.7. The predicted molar refractivity (Wildman–Crippen MR) is 120 cm³/mol. The summed E-state index contributed by atoms with van der Waals surface area (Å²) < 4.78 is 5.85. The highest BCUT2D eigenvalue weighted by Gasteiger charge is 2.11. The van der Waals surface area contributed by atoms with E-state index in [0.717, 1.165) is 9.79 Å². The molecule has 0 unspecified atom stereocenters. The van der Waals surface area contributed by atoms with Crippen LogP contribution in [0.15, 0.2) is 76.5 Å². The Kier molecular flexibility index (Phi) is 8.56. The molecule has 0 fully saturated rings. The molecule has 0 atom stereocenters. The van der Waals surface area contributed by atoms with E-state index in [1.165, 1.54) is 0 Å². The maximum atomic E-state index is 9.46. The number of carbonyl (C=O) groups is 1. The van der Waals surface area contributed by atoms with Crippen molar-refractivity contribution >= 4 is 29.5 Å². The van der Waals surface area contributed by atoms with E-state index in [1.54, 1.807) is 55.1 Å². The summed E-state index contributed by atoms with van der Waals surface area (Å²) in [5, 5.41) is 10.7. The smallest absolute Gasteiger partial charge is 0.221 e. The number of rotatable bonds is 6. The number of nitrogen functional groups attached to an aromatic ring is 2. The van der Waals surface area contributed by atoms with Gasteiger partial charge in [0.2, 0.25) is 6.41 Å². The van der Waals surface area contributed by atoms with Crippen LogP contribution in [0.25, 0.3) is 0 Å². The van der Waals surface area contributed by atoms with Gasteiger partial charge in [0, 0.05) is 23.9 Å². The first-order chi connectivity index (χ1) is 14.4. The van der Waals surface area contributed by atoms with Crippen LogP contribution in [-0.4, -0.2) is 25.5 Å². The molecular weight excluding hydrogens is 398 g/mol. The van der Waals surface area contributed by atoms with Crippen molar-refractivity contribution in [2.45, 2.75) is 9.79 Å². The molecule has 0 aliphatic heterocycles. The van der Waals surface area contributed by atoms with Crippen molar-refractivity contribution < 1.29 is 9.53 Å². The van der Waals surface area contributed by atoms with E-state index in [2.05, 4.69) is 11.5 Å². The van der Waals surface area contributed by atoms with Crippen LogP contribution in [0, 0.1) is 11.3 Å². The number of ether oxygens (including phenoxy) is 1. The van der Waals surface area contributed by atoms with Crippen molar-refractivity contribution in [2.75, 3.05) is 25.6 Å². The van der Waals surface area contributed by atoms with Gasteiger partial charge in [-0.15, -0.1) is 0 Å². The first-order valence-corrected chi connectivity index (χ1v) is 9.72. The highest BCUT2D eigenvalue weighted by molar-refractivity contribution is 7.99. The maximum Gasteiger partial charge on any atom is 0.221 e. The number of carbonyl (C=O) groups excluding carboxylic acids is 1. The van der Waals surface area contributed by atoms with E-state index < -0.39 is 0 Å². The van der Waals surface area contributed by atoms with Crippen molar-refractivity contribution in [2.24, 2.45) is 0 Å². The van der Waals surface area contributed by atoms with Gasteiger partial charge < -0.3 is 16.2 Å². The van der Waals surface area contributed by atoms with Crippen LogP contribution in [0.3, 0.4) is 0 Å². The van der Waals surface area contributed by atoms with Crippen LogP contribution in [0.5, 0.6) is 11.5 Å². The van der Waals surface area contributed by atoms with E-state index in [-0.39, 0.29) is 0 Å². The zero-order chi connectivity index (χ0) is 21.9. The fraction of sp³-hybridized carbons (Fsp3) is 0.0909. The molecule has 0 radical (unpaired) electrons. The largest absolute Gasteiger partial charge is 0.454 e. The Hall–Kier alpha value is -3.67. The highest BCUT2D eigenvalue weighted by atomic mass is 32.2. The molecule has 3 aromatic rings. The summed E-state index contributed by atoms with van der Waals surface area (Å²) in [4.78, 5) is 11.5. The molecule has 0 saturated carbocycles. The minimum atomic E-state index is 0.361. The molecule has 5 N–H and O–H groups in total. The molecule has 8 heteroatoms. The molecule has 30 heavy (non-hydrogen) atoms. The molecule has 0 saturated heterocycles. The van der Waals surface area contributed by atoms with Gasteiger partial charge in [-0.25, -0.2) is 5.01 Å². The minimum Gasteiger partial charge on any atom is -0.454 e. The number of nitriles is 1. The number of nitrogens with one attached hydrogen (secondary N) is 1. The summed E-state index contributed by atoms with van der Waals surface area (Å²) in [6.45, 7) is 0. The Labute approximate surface area is 180 Å². The van der Waals surface area contributed by atoms with Crippen molar-refractivity contribution in [3.8, 4) is 17.6 Å². The molecule has 0 spiro atoms. The Morgan fingerprint density at radius 2 is 1.67 bits per heavy atom. The van der Waals surface area contributed by atoms with Crippen LogP contribution >= 0.6 is 11.8 Å². The van der Waals surface area contributed by atoms with E-state index >= 15 is 0 Å². The molecule has 3 aromatic carbocycles. The number of amides is 1. The lowest BCUT2D eigenvalue weighted by atomic mass is 10.2. The van der Waals surface area contributed by atoms with Gasteiger partial charge in [0.1, 0.15) is 11.8 Å². The number of anilines is 2. The Morgan fingerprint density at radius 3 is 2.27 bits per heavy atom. The lowest BCUT2D eigenvalue weighted by Crippen LogP contribution is -2.28. The van der Waals surface area contributed by atoms with Gasteiger partial charge in [-0.3, -0.25) is 10.2 Å². The normalized spacial score (nSPS) is 9.80. The second-order valence-corrected chi connectivity index (χ2v) is 7.34. The van der Waals surface area contributed by atoms with Crippen molar-refractivity contribution in [3.63, 3.8) is 0 Å². The molecular formula is C22H23N5O2S. The van der Waals surface area contributed by atoms with Crippen LogP contribution in [0.4, 0.5) is 11.4 Å². The van der Waals surface area contributed by atoms with E-state index in [4.69, 9.17) is 16.2 Å². The first-order valence-electron chi connectivity index (χ1n) is 8.90. The topological polar surface area (TPSA) is 117 Å². The molecule has 0 aromatic heterocycles. The number of nitrogens with zero attached hydrogens (tertiary/aromatic N) is 2. The van der Waals surface area contributed by atoms with Crippen LogP contribution in [0.1, 0.15) is 5.56 Å². The summed E-state index contributed by atoms with van der Waals surface area (Å²) >= 11 is 1.56. The molecule has 0 bridgehead atoms. The second-order valence-electron chi connectivity index (χ2n) is 6.19. The molecule has 1 amide bonds. The van der Waals surface area contributed by atoms with Gasteiger partial charge in [-0.05, 0) is 36.4 Å². The van der Waals surface area contributed by atoms with Crippen LogP contribution < -0.4 is 21.6 Å². The summed E-state index contributed by atoms with van der Waals surface area (Å²) in [7, 11) is 3.49. The third kappa shape index (κ3) is 6.74. The number of nitrogens with two attached hydrogens (primary N) is 2. The van der Waals surface area contributed by atoms with Gasteiger partial charge in [-0.2, -0.15) is 5.26 Å². The summed E-state index contributed by atoms with van der Waals surface area (Å²) in [5.41, 5.74) is 15.7. The van der Waals surface area contributed by atoms with Gasteiger partial charge in [0.05, 0.1) is 16.9 Å². The molecule has 154 valence electrons. The van der Waals surface area contributed by atoms with Crippen LogP contribution in [-0.2, 0) is 4.79 Å². The maximum absolute atomic E-state index is 9.46. The first kappa shape index (κ1) is 22.6.